The quantitative estimate of drug-likeness (QED) is 0.903. The number of carbonyl (C=O) groups excluding carboxylic acids is 1. The number of aromatic nitrogens is 1. The van der Waals surface area contributed by atoms with Crippen molar-refractivity contribution < 1.29 is 27.4 Å². The first kappa shape index (κ1) is 17.8. The van der Waals surface area contributed by atoms with Crippen molar-refractivity contribution in [3.05, 3.63) is 48.2 Å². The van der Waals surface area contributed by atoms with E-state index in [-0.39, 0.29) is 19.0 Å². The van der Waals surface area contributed by atoms with Gasteiger partial charge in [-0.1, -0.05) is 12.1 Å². The molecule has 1 aliphatic rings. The van der Waals surface area contributed by atoms with Crippen molar-refractivity contribution in [1.29, 1.82) is 0 Å². The molecule has 9 heteroatoms. The average Bonchev–Trinajstić information content (AvgIpc) is 2.61. The van der Waals surface area contributed by atoms with E-state index < -0.39 is 23.9 Å². The van der Waals surface area contributed by atoms with Gasteiger partial charge in [0.2, 0.25) is 0 Å². The first-order valence-corrected chi connectivity index (χ1v) is 7.77. The molecule has 0 radical (unpaired) electrons. The van der Waals surface area contributed by atoms with Gasteiger partial charge < -0.3 is 14.4 Å². The molecule has 138 valence electrons. The molecule has 1 aromatic carbocycles. The van der Waals surface area contributed by atoms with Crippen molar-refractivity contribution in [2.24, 2.45) is 0 Å². The molecule has 1 N–H and O–H groups in total. The molecule has 0 saturated carbocycles. The van der Waals surface area contributed by atoms with E-state index >= 15 is 0 Å². The van der Waals surface area contributed by atoms with Crippen molar-refractivity contribution in [2.45, 2.75) is 12.3 Å². The summed E-state index contributed by atoms with van der Waals surface area (Å²) in [6, 6.07) is 8.19. The summed E-state index contributed by atoms with van der Waals surface area (Å²) in [5, 5.41) is 2.34. The van der Waals surface area contributed by atoms with Gasteiger partial charge in [-0.2, -0.15) is 13.2 Å². The molecule has 6 nitrogen and oxygen atoms in total. The Bertz CT molecular complexity index is 798. The van der Waals surface area contributed by atoms with Gasteiger partial charge in [0, 0.05) is 13.2 Å². The number of likely N-dealkylation sites (N-methyl/N-ethyl adjacent to an activating group) is 1. The molecular formula is C17H16F3N3O3. The Balaban J connectivity index is 1.59. The number of amides is 2. The molecule has 0 saturated heterocycles. The first-order chi connectivity index (χ1) is 12.3. The van der Waals surface area contributed by atoms with Crippen LogP contribution >= 0.6 is 0 Å². The number of alkyl halides is 3. The molecule has 0 aliphatic carbocycles. The van der Waals surface area contributed by atoms with Crippen LogP contribution in [0.25, 0.3) is 0 Å². The third-order valence-electron chi connectivity index (χ3n) is 3.71. The number of para-hydroxylation sites is 2. The molecule has 1 atom stereocenters. The second kappa shape index (κ2) is 7.11. The maximum atomic E-state index is 12.7. The summed E-state index contributed by atoms with van der Waals surface area (Å²) >= 11 is 0. The molecule has 3 rings (SSSR count). The number of rotatable bonds is 3. The van der Waals surface area contributed by atoms with E-state index in [0.717, 1.165) is 18.3 Å². The molecule has 0 fully saturated rings. The number of hydrogen-bond donors (Lipinski definition) is 1. The number of hydrogen-bond acceptors (Lipinski definition) is 4. The van der Waals surface area contributed by atoms with Crippen LogP contribution in [-0.2, 0) is 6.18 Å². The van der Waals surface area contributed by atoms with Crippen LogP contribution in [0.2, 0.25) is 0 Å². The number of pyridine rings is 1. The highest BCUT2D eigenvalue weighted by Gasteiger charge is 2.31. The van der Waals surface area contributed by atoms with Gasteiger partial charge in [-0.3, -0.25) is 5.32 Å². The van der Waals surface area contributed by atoms with Gasteiger partial charge in [0.05, 0.1) is 12.1 Å². The highest BCUT2D eigenvalue weighted by molar-refractivity contribution is 5.88. The highest BCUT2D eigenvalue weighted by atomic mass is 19.4. The predicted molar refractivity (Wildman–Crippen MR) is 87.2 cm³/mol. The van der Waals surface area contributed by atoms with Crippen LogP contribution in [0.3, 0.4) is 0 Å². The largest absolute Gasteiger partial charge is 0.486 e. The third kappa shape index (κ3) is 4.16. The highest BCUT2D eigenvalue weighted by Crippen LogP contribution is 2.31. The zero-order valence-electron chi connectivity index (χ0n) is 13.8. The molecule has 0 spiro atoms. The van der Waals surface area contributed by atoms with E-state index in [1.165, 1.54) is 11.9 Å². The zero-order valence-corrected chi connectivity index (χ0v) is 13.8. The fourth-order valence-electron chi connectivity index (χ4n) is 2.42. The van der Waals surface area contributed by atoms with Crippen molar-refractivity contribution in [3.8, 4) is 11.5 Å². The van der Waals surface area contributed by atoms with Gasteiger partial charge in [0.25, 0.3) is 0 Å². The topological polar surface area (TPSA) is 63.7 Å². The van der Waals surface area contributed by atoms with Crippen LogP contribution in [0.15, 0.2) is 42.6 Å². The zero-order chi connectivity index (χ0) is 18.7. The molecule has 0 bridgehead atoms. The fraction of sp³-hybridized carbons (Fsp3) is 0.294. The van der Waals surface area contributed by atoms with Crippen LogP contribution in [0.4, 0.5) is 23.8 Å². The smallest absolute Gasteiger partial charge is 0.416 e. The lowest BCUT2D eigenvalue weighted by molar-refractivity contribution is -0.137. The molecule has 1 unspecified atom stereocenters. The second-order valence-corrected chi connectivity index (χ2v) is 5.74. The Morgan fingerprint density at radius 2 is 2.04 bits per heavy atom. The van der Waals surface area contributed by atoms with Crippen LogP contribution < -0.4 is 14.8 Å². The summed E-state index contributed by atoms with van der Waals surface area (Å²) in [7, 11) is 1.51. The Labute approximate surface area is 147 Å². The number of nitrogens with zero attached hydrogens (tertiary/aromatic N) is 2. The minimum absolute atomic E-state index is 0.178. The van der Waals surface area contributed by atoms with Gasteiger partial charge in [-0.05, 0) is 24.3 Å². The molecule has 2 amide bonds. The average molecular weight is 367 g/mol. The molecule has 1 aromatic heterocycles. The number of fused-ring (bicyclic) bond motifs is 1. The Hall–Kier alpha value is -2.97. The summed E-state index contributed by atoms with van der Waals surface area (Å²) in [4.78, 5) is 17.2. The minimum Gasteiger partial charge on any atom is -0.486 e. The molecule has 2 aromatic rings. The number of carbonyl (C=O) groups is 1. The summed E-state index contributed by atoms with van der Waals surface area (Å²) in [5.41, 5.74) is -0.883. The van der Waals surface area contributed by atoms with E-state index in [9.17, 15) is 18.0 Å². The second-order valence-electron chi connectivity index (χ2n) is 5.74. The van der Waals surface area contributed by atoms with Crippen molar-refractivity contribution in [1.82, 2.24) is 9.88 Å². The third-order valence-corrected chi connectivity index (χ3v) is 3.71. The number of urea groups is 1. The first-order valence-electron chi connectivity index (χ1n) is 7.77. The monoisotopic (exact) mass is 367 g/mol. The maximum Gasteiger partial charge on any atom is 0.416 e. The van der Waals surface area contributed by atoms with Gasteiger partial charge in [0.15, 0.2) is 17.6 Å². The van der Waals surface area contributed by atoms with Gasteiger partial charge in [-0.15, -0.1) is 0 Å². The SMILES string of the molecule is CN(CC1COc2ccccc2O1)C(=O)Nc1cc(C(F)(F)F)ccn1. The predicted octanol–water partition coefficient (Wildman–Crippen LogP) is 3.40. The van der Waals surface area contributed by atoms with Crippen molar-refractivity contribution in [2.75, 3.05) is 25.5 Å². The molecule has 1 aliphatic heterocycles. The lowest BCUT2D eigenvalue weighted by atomic mass is 10.2. The summed E-state index contributed by atoms with van der Waals surface area (Å²) in [6.07, 6.45) is -3.90. The lowest BCUT2D eigenvalue weighted by Crippen LogP contribution is -2.43. The number of halogens is 3. The molecule has 26 heavy (non-hydrogen) atoms. The standard InChI is InChI=1S/C17H16F3N3O3/c1-23(9-12-10-25-13-4-2-3-5-14(13)26-12)16(24)22-15-8-11(6-7-21-15)17(18,19)20/h2-8,12H,9-10H2,1H3,(H,21,22,24). The summed E-state index contributed by atoms with van der Waals surface area (Å²) < 4.78 is 49.5. The van der Waals surface area contributed by atoms with E-state index in [4.69, 9.17) is 9.47 Å². The molecular weight excluding hydrogens is 351 g/mol. The van der Waals surface area contributed by atoms with E-state index in [0.29, 0.717) is 11.5 Å². The van der Waals surface area contributed by atoms with Crippen molar-refractivity contribution >= 4 is 11.8 Å². The molecule has 2 heterocycles. The van der Waals surface area contributed by atoms with Crippen LogP contribution in [0, 0.1) is 0 Å². The number of nitrogens with one attached hydrogen (secondary N) is 1. The fourth-order valence-corrected chi connectivity index (χ4v) is 2.42. The van der Waals surface area contributed by atoms with Crippen LogP contribution in [0.1, 0.15) is 5.56 Å². The normalized spacial score (nSPS) is 16.1. The van der Waals surface area contributed by atoms with Gasteiger partial charge in [0.1, 0.15) is 12.4 Å². The Morgan fingerprint density at radius 3 is 2.77 bits per heavy atom. The van der Waals surface area contributed by atoms with Crippen LogP contribution in [-0.4, -0.2) is 42.2 Å². The lowest BCUT2D eigenvalue weighted by Gasteiger charge is -2.29. The van der Waals surface area contributed by atoms with Gasteiger partial charge in [-0.25, -0.2) is 9.78 Å². The summed E-state index contributed by atoms with van der Waals surface area (Å²) in [6.45, 7) is 0.454. The number of ether oxygens (including phenoxy) is 2. The number of benzene rings is 1. The summed E-state index contributed by atoms with van der Waals surface area (Å²) in [5.74, 6) is 1.03. The minimum atomic E-state index is -4.50. The van der Waals surface area contributed by atoms with E-state index in [1.807, 2.05) is 6.07 Å². The van der Waals surface area contributed by atoms with Gasteiger partial charge >= 0.3 is 12.2 Å². The van der Waals surface area contributed by atoms with Crippen LogP contribution in [0.5, 0.6) is 11.5 Å². The van der Waals surface area contributed by atoms with Crippen molar-refractivity contribution in [3.63, 3.8) is 0 Å². The van der Waals surface area contributed by atoms with E-state index in [2.05, 4.69) is 10.3 Å². The van der Waals surface area contributed by atoms with E-state index in [1.54, 1.807) is 18.2 Å². The Morgan fingerprint density at radius 1 is 1.31 bits per heavy atom. The number of anilines is 1. The Kier molecular flexibility index (Phi) is 4.88. The maximum absolute atomic E-state index is 12.7.